The summed E-state index contributed by atoms with van der Waals surface area (Å²) in [5.41, 5.74) is -0.470. The number of alkyl halides is 3. The number of carbonyl (C=O) groups is 1. The van der Waals surface area contributed by atoms with Crippen molar-refractivity contribution in [3.8, 4) is 0 Å². The first-order valence-corrected chi connectivity index (χ1v) is 9.31. The zero-order chi connectivity index (χ0) is 20.2. The van der Waals surface area contributed by atoms with Crippen molar-refractivity contribution in [1.82, 2.24) is 10.2 Å². The van der Waals surface area contributed by atoms with E-state index in [-0.39, 0.29) is 17.9 Å². The highest BCUT2D eigenvalue weighted by Crippen LogP contribution is 2.36. The molecular weight excluding hydrogens is 357 g/mol. The molecule has 1 aliphatic heterocycles. The van der Waals surface area contributed by atoms with Gasteiger partial charge in [0.1, 0.15) is 5.60 Å². The summed E-state index contributed by atoms with van der Waals surface area (Å²) in [6.07, 6.45) is -3.20. The molecule has 152 valence electrons. The molecule has 1 unspecified atom stereocenters. The molecule has 1 fully saturated rings. The molecule has 1 N–H and O–H groups in total. The molecule has 0 saturated carbocycles. The van der Waals surface area contributed by atoms with Crippen molar-refractivity contribution in [2.45, 2.75) is 51.3 Å². The highest BCUT2D eigenvalue weighted by Gasteiger charge is 2.34. The lowest BCUT2D eigenvalue weighted by Gasteiger charge is -2.37. The number of nitrogens with zero attached hydrogens (tertiary/aromatic N) is 1. The average Bonchev–Trinajstić information content (AvgIpc) is 2.58. The standard InChI is InChI=1S/C20H29F3N2O2/c1-19(2,3)27-18(26)25-10-8-14(9-11-25)17(13-24-4)15-6-5-7-16(12-15)20(21,22)23/h5-7,12,14,17,24H,8-11,13H2,1-4H3. The summed E-state index contributed by atoms with van der Waals surface area (Å²) in [6, 6.07) is 5.58. The lowest BCUT2D eigenvalue weighted by atomic mass is 9.79. The van der Waals surface area contributed by atoms with Crippen molar-refractivity contribution >= 4 is 6.09 Å². The minimum absolute atomic E-state index is 0.0295. The number of ether oxygens (including phenoxy) is 1. The summed E-state index contributed by atoms with van der Waals surface area (Å²) in [4.78, 5) is 13.9. The van der Waals surface area contributed by atoms with E-state index in [4.69, 9.17) is 4.74 Å². The van der Waals surface area contributed by atoms with Crippen LogP contribution in [0.4, 0.5) is 18.0 Å². The highest BCUT2D eigenvalue weighted by atomic mass is 19.4. The van der Waals surface area contributed by atoms with E-state index < -0.39 is 17.3 Å². The number of likely N-dealkylation sites (N-methyl/N-ethyl adjacent to an activating group) is 1. The molecule has 4 nitrogen and oxygen atoms in total. The second-order valence-corrected chi connectivity index (χ2v) is 8.09. The maximum Gasteiger partial charge on any atom is 0.416 e. The fourth-order valence-corrected chi connectivity index (χ4v) is 3.53. The SMILES string of the molecule is CNCC(c1cccc(C(F)(F)F)c1)C1CCN(C(=O)OC(C)(C)C)CC1. The number of hydrogen-bond acceptors (Lipinski definition) is 3. The Morgan fingerprint density at radius 2 is 1.89 bits per heavy atom. The third-order valence-electron chi connectivity index (χ3n) is 4.83. The topological polar surface area (TPSA) is 41.6 Å². The second-order valence-electron chi connectivity index (χ2n) is 8.09. The van der Waals surface area contributed by atoms with E-state index in [9.17, 15) is 18.0 Å². The number of hydrogen-bond donors (Lipinski definition) is 1. The number of rotatable bonds is 4. The third kappa shape index (κ3) is 6.13. The lowest BCUT2D eigenvalue weighted by Crippen LogP contribution is -2.43. The fourth-order valence-electron chi connectivity index (χ4n) is 3.53. The smallest absolute Gasteiger partial charge is 0.416 e. The number of piperidine rings is 1. The van der Waals surface area contributed by atoms with Crippen molar-refractivity contribution in [2.75, 3.05) is 26.7 Å². The van der Waals surface area contributed by atoms with Gasteiger partial charge in [0.2, 0.25) is 0 Å². The molecule has 1 heterocycles. The second kappa shape index (κ2) is 8.50. The first-order valence-electron chi connectivity index (χ1n) is 9.31. The largest absolute Gasteiger partial charge is 0.444 e. The van der Waals surface area contributed by atoms with Gasteiger partial charge in [-0.1, -0.05) is 18.2 Å². The number of halogens is 3. The Hall–Kier alpha value is -1.76. The van der Waals surface area contributed by atoms with Gasteiger partial charge in [-0.15, -0.1) is 0 Å². The molecule has 2 rings (SSSR count). The number of likely N-dealkylation sites (tertiary alicyclic amines) is 1. The van der Waals surface area contributed by atoms with Gasteiger partial charge in [0.15, 0.2) is 0 Å². The van der Waals surface area contributed by atoms with Gasteiger partial charge in [-0.2, -0.15) is 13.2 Å². The first kappa shape index (κ1) is 21.5. The Bertz CT molecular complexity index is 633. The monoisotopic (exact) mass is 386 g/mol. The van der Waals surface area contributed by atoms with Crippen LogP contribution in [0.5, 0.6) is 0 Å². The van der Waals surface area contributed by atoms with Gasteiger partial charge in [0.05, 0.1) is 5.56 Å². The van der Waals surface area contributed by atoms with Crippen molar-refractivity contribution < 1.29 is 22.7 Å². The minimum atomic E-state index is -4.35. The fraction of sp³-hybridized carbons (Fsp3) is 0.650. The Labute approximate surface area is 159 Å². The van der Waals surface area contributed by atoms with Gasteiger partial charge in [-0.3, -0.25) is 0 Å². The molecule has 0 spiro atoms. The summed E-state index contributed by atoms with van der Waals surface area (Å²) in [5, 5.41) is 3.10. The van der Waals surface area contributed by atoms with Crippen LogP contribution in [0.2, 0.25) is 0 Å². The van der Waals surface area contributed by atoms with E-state index in [0.717, 1.165) is 18.9 Å². The maximum absolute atomic E-state index is 13.1. The van der Waals surface area contributed by atoms with Crippen LogP contribution in [0.3, 0.4) is 0 Å². The molecule has 0 aromatic heterocycles. The number of carbonyl (C=O) groups excluding carboxylic acids is 1. The van der Waals surface area contributed by atoms with Crippen molar-refractivity contribution in [2.24, 2.45) is 5.92 Å². The number of nitrogens with one attached hydrogen (secondary N) is 1. The lowest BCUT2D eigenvalue weighted by molar-refractivity contribution is -0.137. The van der Waals surface area contributed by atoms with Gasteiger partial charge < -0.3 is 15.0 Å². The molecule has 1 amide bonds. The average molecular weight is 386 g/mol. The minimum Gasteiger partial charge on any atom is -0.444 e. The van der Waals surface area contributed by atoms with E-state index in [1.54, 1.807) is 18.0 Å². The van der Waals surface area contributed by atoms with Gasteiger partial charge in [0.25, 0.3) is 0 Å². The zero-order valence-electron chi connectivity index (χ0n) is 16.4. The van der Waals surface area contributed by atoms with E-state index in [2.05, 4.69) is 5.32 Å². The quantitative estimate of drug-likeness (QED) is 0.819. The van der Waals surface area contributed by atoms with Crippen molar-refractivity contribution in [1.29, 1.82) is 0 Å². The molecule has 1 saturated heterocycles. The van der Waals surface area contributed by atoms with Crippen LogP contribution in [0.25, 0.3) is 0 Å². The van der Waals surface area contributed by atoms with E-state index in [0.29, 0.717) is 25.2 Å². The Kier molecular flexibility index (Phi) is 6.78. The summed E-state index contributed by atoms with van der Waals surface area (Å²) >= 11 is 0. The zero-order valence-corrected chi connectivity index (χ0v) is 16.4. The van der Waals surface area contributed by atoms with E-state index >= 15 is 0 Å². The molecular formula is C20H29F3N2O2. The van der Waals surface area contributed by atoms with Gasteiger partial charge in [-0.05, 0) is 64.1 Å². The molecule has 1 aromatic carbocycles. The van der Waals surface area contributed by atoms with Gasteiger partial charge in [0, 0.05) is 19.6 Å². The Balaban J connectivity index is 2.08. The normalized spacial score (nSPS) is 17.7. The predicted molar refractivity (Wildman–Crippen MR) is 98.6 cm³/mol. The van der Waals surface area contributed by atoms with Crippen molar-refractivity contribution in [3.63, 3.8) is 0 Å². The van der Waals surface area contributed by atoms with Crippen LogP contribution in [-0.4, -0.2) is 43.3 Å². The summed E-state index contributed by atoms with van der Waals surface area (Å²) in [5.74, 6) is 0.178. The van der Waals surface area contributed by atoms with E-state index in [1.165, 1.54) is 12.1 Å². The van der Waals surface area contributed by atoms with Crippen LogP contribution in [-0.2, 0) is 10.9 Å². The Morgan fingerprint density at radius 3 is 2.41 bits per heavy atom. The van der Waals surface area contributed by atoms with Crippen LogP contribution in [0.15, 0.2) is 24.3 Å². The van der Waals surface area contributed by atoms with Crippen LogP contribution < -0.4 is 5.32 Å². The van der Waals surface area contributed by atoms with Crippen LogP contribution in [0.1, 0.15) is 50.7 Å². The summed E-state index contributed by atoms with van der Waals surface area (Å²) < 4.78 is 44.6. The predicted octanol–water partition coefficient (Wildman–Crippen LogP) is 4.66. The molecule has 1 atom stereocenters. The van der Waals surface area contributed by atoms with Crippen LogP contribution >= 0.6 is 0 Å². The van der Waals surface area contributed by atoms with E-state index in [1.807, 2.05) is 20.8 Å². The molecule has 1 aliphatic rings. The van der Waals surface area contributed by atoms with Crippen LogP contribution in [0, 0.1) is 5.92 Å². The molecule has 0 bridgehead atoms. The number of benzene rings is 1. The first-order chi connectivity index (χ1) is 12.5. The maximum atomic E-state index is 13.1. The summed E-state index contributed by atoms with van der Waals surface area (Å²) in [7, 11) is 1.80. The molecule has 0 radical (unpaired) electrons. The highest BCUT2D eigenvalue weighted by molar-refractivity contribution is 5.68. The Morgan fingerprint density at radius 1 is 1.26 bits per heavy atom. The van der Waals surface area contributed by atoms with Gasteiger partial charge in [-0.25, -0.2) is 4.79 Å². The van der Waals surface area contributed by atoms with Gasteiger partial charge >= 0.3 is 12.3 Å². The molecule has 7 heteroatoms. The summed E-state index contributed by atoms with van der Waals surface area (Å²) in [6.45, 7) is 7.19. The number of amides is 1. The molecule has 27 heavy (non-hydrogen) atoms. The molecule has 0 aliphatic carbocycles. The third-order valence-corrected chi connectivity index (χ3v) is 4.83. The van der Waals surface area contributed by atoms with Crippen molar-refractivity contribution in [3.05, 3.63) is 35.4 Å². The molecule has 1 aromatic rings.